The van der Waals surface area contributed by atoms with Crippen LogP contribution < -0.4 is 0 Å². The van der Waals surface area contributed by atoms with E-state index in [1.807, 2.05) is 6.20 Å². The minimum Gasteiger partial charge on any atom is -0.345 e. The Morgan fingerprint density at radius 1 is 1.25 bits per heavy atom. The SMILES string of the molecule is CN(Cc1cccc(-c2ncc[nH]2)c1)C1CCCCC1. The van der Waals surface area contributed by atoms with E-state index >= 15 is 0 Å². The van der Waals surface area contributed by atoms with Gasteiger partial charge in [0.1, 0.15) is 5.82 Å². The van der Waals surface area contributed by atoms with E-state index < -0.39 is 0 Å². The highest BCUT2D eigenvalue weighted by Gasteiger charge is 2.18. The van der Waals surface area contributed by atoms with Crippen LogP contribution in [-0.4, -0.2) is 28.0 Å². The van der Waals surface area contributed by atoms with Gasteiger partial charge in [-0.25, -0.2) is 4.98 Å². The summed E-state index contributed by atoms with van der Waals surface area (Å²) < 4.78 is 0. The van der Waals surface area contributed by atoms with E-state index in [9.17, 15) is 0 Å². The maximum Gasteiger partial charge on any atom is 0.137 e. The molecule has 20 heavy (non-hydrogen) atoms. The van der Waals surface area contributed by atoms with Crippen LogP contribution in [0.4, 0.5) is 0 Å². The van der Waals surface area contributed by atoms with Crippen molar-refractivity contribution in [1.82, 2.24) is 14.9 Å². The third kappa shape index (κ3) is 3.10. The summed E-state index contributed by atoms with van der Waals surface area (Å²) in [6.45, 7) is 1.03. The van der Waals surface area contributed by atoms with Crippen molar-refractivity contribution in [3.63, 3.8) is 0 Å². The number of H-pyrrole nitrogens is 1. The van der Waals surface area contributed by atoms with Crippen molar-refractivity contribution in [1.29, 1.82) is 0 Å². The first-order valence-electron chi connectivity index (χ1n) is 7.62. The molecule has 1 aromatic heterocycles. The molecule has 3 nitrogen and oxygen atoms in total. The first-order valence-corrected chi connectivity index (χ1v) is 7.62. The highest BCUT2D eigenvalue weighted by atomic mass is 15.1. The van der Waals surface area contributed by atoms with Crippen LogP contribution in [0.25, 0.3) is 11.4 Å². The molecule has 1 heterocycles. The molecule has 0 atom stereocenters. The molecule has 0 spiro atoms. The quantitative estimate of drug-likeness (QED) is 0.914. The summed E-state index contributed by atoms with van der Waals surface area (Å²) >= 11 is 0. The van der Waals surface area contributed by atoms with Crippen molar-refractivity contribution < 1.29 is 0 Å². The van der Waals surface area contributed by atoms with Crippen molar-refractivity contribution in [3.8, 4) is 11.4 Å². The summed E-state index contributed by atoms with van der Waals surface area (Å²) in [5.41, 5.74) is 2.54. The lowest BCUT2D eigenvalue weighted by Crippen LogP contribution is -2.32. The van der Waals surface area contributed by atoms with E-state index in [0.717, 1.165) is 18.4 Å². The fourth-order valence-electron chi connectivity index (χ4n) is 3.18. The van der Waals surface area contributed by atoms with Crippen LogP contribution in [0.1, 0.15) is 37.7 Å². The van der Waals surface area contributed by atoms with Crippen LogP contribution in [0.2, 0.25) is 0 Å². The lowest BCUT2D eigenvalue weighted by molar-refractivity contribution is 0.184. The Hall–Kier alpha value is -1.61. The van der Waals surface area contributed by atoms with Crippen molar-refractivity contribution in [2.75, 3.05) is 7.05 Å². The number of aromatic amines is 1. The number of nitrogens with zero attached hydrogens (tertiary/aromatic N) is 2. The van der Waals surface area contributed by atoms with Gasteiger partial charge in [0.2, 0.25) is 0 Å². The van der Waals surface area contributed by atoms with Gasteiger partial charge >= 0.3 is 0 Å². The van der Waals surface area contributed by atoms with Crippen molar-refractivity contribution in [2.24, 2.45) is 0 Å². The van der Waals surface area contributed by atoms with E-state index in [0.29, 0.717) is 0 Å². The molecule has 1 fully saturated rings. The zero-order valence-corrected chi connectivity index (χ0v) is 12.2. The van der Waals surface area contributed by atoms with Gasteiger partial charge in [-0.2, -0.15) is 0 Å². The molecule has 0 radical (unpaired) electrons. The summed E-state index contributed by atoms with van der Waals surface area (Å²) in [6.07, 6.45) is 10.6. The standard InChI is InChI=1S/C17H23N3/c1-20(16-8-3-2-4-9-16)13-14-6-5-7-15(12-14)17-18-10-11-19-17/h5-7,10-12,16H,2-4,8-9,13H2,1H3,(H,18,19). The molecule has 1 aliphatic rings. The molecule has 0 amide bonds. The fourth-order valence-corrected chi connectivity index (χ4v) is 3.18. The average molecular weight is 269 g/mol. The smallest absolute Gasteiger partial charge is 0.137 e. The van der Waals surface area contributed by atoms with Gasteiger partial charge in [-0.05, 0) is 31.5 Å². The summed E-state index contributed by atoms with van der Waals surface area (Å²) in [5.74, 6) is 0.951. The Balaban J connectivity index is 1.69. The third-order valence-electron chi connectivity index (χ3n) is 4.33. The van der Waals surface area contributed by atoms with Gasteiger partial charge in [0, 0.05) is 30.5 Å². The van der Waals surface area contributed by atoms with Gasteiger partial charge in [-0.3, -0.25) is 4.90 Å². The van der Waals surface area contributed by atoms with Gasteiger partial charge in [0.25, 0.3) is 0 Å². The highest BCUT2D eigenvalue weighted by molar-refractivity contribution is 5.55. The Morgan fingerprint density at radius 3 is 2.85 bits per heavy atom. The van der Waals surface area contributed by atoms with Gasteiger partial charge in [-0.1, -0.05) is 37.5 Å². The summed E-state index contributed by atoms with van der Waals surface area (Å²) in [7, 11) is 2.26. The molecule has 0 saturated heterocycles. The zero-order valence-electron chi connectivity index (χ0n) is 12.2. The number of imidazole rings is 1. The molecule has 1 aromatic carbocycles. The largest absolute Gasteiger partial charge is 0.345 e. The van der Waals surface area contributed by atoms with Crippen LogP contribution in [-0.2, 0) is 6.54 Å². The monoisotopic (exact) mass is 269 g/mol. The summed E-state index contributed by atoms with van der Waals surface area (Å²) in [4.78, 5) is 10.0. The summed E-state index contributed by atoms with van der Waals surface area (Å²) in [6, 6.07) is 9.46. The third-order valence-corrected chi connectivity index (χ3v) is 4.33. The second-order valence-corrected chi connectivity index (χ2v) is 5.85. The van der Waals surface area contributed by atoms with Gasteiger partial charge in [0.15, 0.2) is 0 Å². The van der Waals surface area contributed by atoms with Crippen LogP contribution >= 0.6 is 0 Å². The Morgan fingerprint density at radius 2 is 2.10 bits per heavy atom. The number of hydrogen-bond acceptors (Lipinski definition) is 2. The van der Waals surface area contributed by atoms with E-state index in [2.05, 4.69) is 46.2 Å². The molecule has 3 heteroatoms. The van der Waals surface area contributed by atoms with Crippen LogP contribution in [0.15, 0.2) is 36.7 Å². The normalized spacial score (nSPS) is 16.7. The molecule has 2 aromatic rings. The van der Waals surface area contributed by atoms with Crippen molar-refractivity contribution in [2.45, 2.75) is 44.7 Å². The average Bonchev–Trinajstić information content (AvgIpc) is 3.03. The molecule has 3 rings (SSSR count). The molecule has 1 saturated carbocycles. The van der Waals surface area contributed by atoms with Gasteiger partial charge in [-0.15, -0.1) is 0 Å². The molecular formula is C17H23N3. The van der Waals surface area contributed by atoms with Gasteiger partial charge < -0.3 is 4.98 Å². The minimum absolute atomic E-state index is 0.760. The second kappa shape index (κ2) is 6.23. The highest BCUT2D eigenvalue weighted by Crippen LogP contribution is 2.23. The number of rotatable bonds is 4. The number of hydrogen-bond donors (Lipinski definition) is 1. The van der Waals surface area contributed by atoms with Crippen LogP contribution in [0, 0.1) is 0 Å². The Bertz CT molecular complexity index is 527. The van der Waals surface area contributed by atoms with E-state index in [4.69, 9.17) is 0 Å². The predicted octanol–water partition coefficient (Wildman–Crippen LogP) is 3.84. The number of benzene rings is 1. The molecular weight excluding hydrogens is 246 g/mol. The molecule has 1 N–H and O–H groups in total. The molecule has 1 aliphatic carbocycles. The molecule has 0 aliphatic heterocycles. The van der Waals surface area contributed by atoms with Crippen LogP contribution in [0.3, 0.4) is 0 Å². The molecule has 0 unspecified atom stereocenters. The summed E-state index contributed by atoms with van der Waals surface area (Å²) in [5, 5.41) is 0. The van der Waals surface area contributed by atoms with Crippen molar-refractivity contribution in [3.05, 3.63) is 42.2 Å². The molecule has 106 valence electrons. The number of aromatic nitrogens is 2. The Kier molecular flexibility index (Phi) is 4.16. The lowest BCUT2D eigenvalue weighted by Gasteiger charge is -2.31. The van der Waals surface area contributed by atoms with E-state index in [1.54, 1.807) is 6.20 Å². The van der Waals surface area contributed by atoms with E-state index in [1.165, 1.54) is 43.2 Å². The van der Waals surface area contributed by atoms with Gasteiger partial charge in [0.05, 0.1) is 0 Å². The lowest BCUT2D eigenvalue weighted by atomic mass is 9.94. The topological polar surface area (TPSA) is 31.9 Å². The maximum atomic E-state index is 4.33. The minimum atomic E-state index is 0.760. The predicted molar refractivity (Wildman–Crippen MR) is 82.4 cm³/mol. The molecule has 0 bridgehead atoms. The number of nitrogens with one attached hydrogen (secondary N) is 1. The zero-order chi connectivity index (χ0) is 13.8. The van der Waals surface area contributed by atoms with Crippen molar-refractivity contribution >= 4 is 0 Å². The first kappa shape index (κ1) is 13.4. The fraction of sp³-hybridized carbons (Fsp3) is 0.471. The first-order chi connectivity index (χ1) is 9.83. The van der Waals surface area contributed by atoms with E-state index in [-0.39, 0.29) is 0 Å². The maximum absolute atomic E-state index is 4.33. The second-order valence-electron chi connectivity index (χ2n) is 5.85. The van der Waals surface area contributed by atoms with Crippen LogP contribution in [0.5, 0.6) is 0 Å². The Labute approximate surface area is 121 Å².